The number of nitrogens with two attached hydrogens (primary N) is 1. The summed E-state index contributed by atoms with van der Waals surface area (Å²) in [5, 5.41) is 0. The highest BCUT2D eigenvalue weighted by Crippen LogP contribution is 2.31. The molecule has 0 amide bonds. The molecule has 3 rings (SSSR count). The van der Waals surface area contributed by atoms with Crippen LogP contribution in [0, 0.1) is 11.8 Å². The normalized spacial score (nSPS) is 28.1. The quantitative estimate of drug-likeness (QED) is 0.874. The molecule has 1 unspecified atom stereocenters. The Bertz CT molecular complexity index is 429. The molecule has 1 aromatic rings. The number of hydrogen-bond donors (Lipinski definition) is 1. The summed E-state index contributed by atoms with van der Waals surface area (Å²) in [7, 11) is 0. The maximum Gasteiger partial charge on any atom is 0.0108 e. The van der Waals surface area contributed by atoms with Crippen molar-refractivity contribution in [1.29, 1.82) is 0 Å². The van der Waals surface area contributed by atoms with Crippen LogP contribution in [0.3, 0.4) is 0 Å². The minimum absolute atomic E-state index is 0.368. The summed E-state index contributed by atoms with van der Waals surface area (Å²) in [6.07, 6.45) is 10.4. The first kappa shape index (κ1) is 13.2. The molecule has 1 aromatic carbocycles. The molecule has 0 aromatic heterocycles. The Morgan fingerprint density at radius 3 is 2.63 bits per heavy atom. The molecule has 2 aliphatic carbocycles. The number of fused-ring (bicyclic) bond motifs is 1. The molecule has 1 atom stereocenters. The lowest BCUT2D eigenvalue weighted by Crippen LogP contribution is -2.34. The predicted octanol–water partition coefficient (Wildman–Crippen LogP) is 3.87. The molecule has 19 heavy (non-hydrogen) atoms. The summed E-state index contributed by atoms with van der Waals surface area (Å²) in [6, 6.07) is 7.45. The Labute approximate surface area is 117 Å². The van der Waals surface area contributed by atoms with Crippen LogP contribution >= 0.6 is 0 Å². The highest BCUT2D eigenvalue weighted by atomic mass is 14.6. The maximum absolute atomic E-state index is 6.47. The van der Waals surface area contributed by atoms with Gasteiger partial charge in [-0.3, -0.25) is 0 Å². The number of aryl methyl sites for hydroxylation is 2. The van der Waals surface area contributed by atoms with Gasteiger partial charge in [-0.1, -0.05) is 38.0 Å². The van der Waals surface area contributed by atoms with Crippen LogP contribution in [0.15, 0.2) is 18.2 Å². The van der Waals surface area contributed by atoms with Crippen molar-refractivity contribution in [2.24, 2.45) is 17.6 Å². The van der Waals surface area contributed by atoms with Crippen LogP contribution in [0.25, 0.3) is 0 Å². The lowest BCUT2D eigenvalue weighted by molar-refractivity contribution is 0.253. The molecule has 0 aliphatic heterocycles. The topological polar surface area (TPSA) is 26.0 Å². The molecule has 0 heterocycles. The zero-order chi connectivity index (χ0) is 13.2. The van der Waals surface area contributed by atoms with Gasteiger partial charge in [0, 0.05) is 6.04 Å². The fourth-order valence-corrected chi connectivity index (χ4v) is 3.90. The average molecular weight is 257 g/mol. The molecular formula is C18H27N. The molecule has 1 nitrogen and oxygen atoms in total. The lowest BCUT2D eigenvalue weighted by Gasteiger charge is -2.30. The minimum atomic E-state index is 0.368. The maximum atomic E-state index is 6.47. The number of rotatable bonds is 3. The van der Waals surface area contributed by atoms with Gasteiger partial charge in [0.2, 0.25) is 0 Å². The minimum Gasteiger partial charge on any atom is -0.327 e. The first-order chi connectivity index (χ1) is 9.22. The predicted molar refractivity (Wildman–Crippen MR) is 81.3 cm³/mol. The van der Waals surface area contributed by atoms with Crippen LogP contribution < -0.4 is 5.73 Å². The molecule has 1 fully saturated rings. The molecule has 2 aliphatic rings. The van der Waals surface area contributed by atoms with Crippen molar-refractivity contribution in [2.45, 2.75) is 64.3 Å². The van der Waals surface area contributed by atoms with Crippen molar-refractivity contribution in [3.05, 3.63) is 34.9 Å². The summed E-state index contributed by atoms with van der Waals surface area (Å²) >= 11 is 0. The number of benzene rings is 1. The van der Waals surface area contributed by atoms with Gasteiger partial charge < -0.3 is 5.73 Å². The van der Waals surface area contributed by atoms with Crippen molar-refractivity contribution in [3.63, 3.8) is 0 Å². The third-order valence-corrected chi connectivity index (χ3v) is 5.30. The monoisotopic (exact) mass is 257 g/mol. The molecule has 0 bridgehead atoms. The third-order valence-electron chi connectivity index (χ3n) is 5.30. The van der Waals surface area contributed by atoms with Gasteiger partial charge in [-0.05, 0) is 67.1 Å². The Kier molecular flexibility index (Phi) is 3.93. The highest BCUT2D eigenvalue weighted by Gasteiger charge is 2.24. The molecule has 2 N–H and O–H groups in total. The molecule has 104 valence electrons. The van der Waals surface area contributed by atoms with Gasteiger partial charge in [-0.25, -0.2) is 0 Å². The van der Waals surface area contributed by atoms with Gasteiger partial charge in [0.05, 0.1) is 0 Å². The fourth-order valence-electron chi connectivity index (χ4n) is 3.90. The molecule has 0 radical (unpaired) electrons. The first-order valence-electron chi connectivity index (χ1n) is 8.08. The zero-order valence-corrected chi connectivity index (χ0v) is 12.2. The Hall–Kier alpha value is -0.820. The van der Waals surface area contributed by atoms with Crippen molar-refractivity contribution >= 4 is 0 Å². The summed E-state index contributed by atoms with van der Waals surface area (Å²) in [4.78, 5) is 0. The lowest BCUT2D eigenvalue weighted by atomic mass is 9.78. The largest absolute Gasteiger partial charge is 0.327 e. The van der Waals surface area contributed by atoms with Crippen LogP contribution in [0.2, 0.25) is 0 Å². The van der Waals surface area contributed by atoms with Crippen LogP contribution in [0.5, 0.6) is 0 Å². The van der Waals surface area contributed by atoms with Crippen LogP contribution in [-0.4, -0.2) is 6.04 Å². The van der Waals surface area contributed by atoms with E-state index in [0.717, 1.165) is 18.3 Å². The average Bonchev–Trinajstić information content (AvgIpc) is 2.87. The van der Waals surface area contributed by atoms with Crippen molar-refractivity contribution < 1.29 is 0 Å². The van der Waals surface area contributed by atoms with E-state index < -0.39 is 0 Å². The van der Waals surface area contributed by atoms with E-state index in [4.69, 9.17) is 5.73 Å². The zero-order valence-electron chi connectivity index (χ0n) is 12.2. The smallest absolute Gasteiger partial charge is 0.0108 e. The molecule has 1 saturated carbocycles. The van der Waals surface area contributed by atoms with Crippen LogP contribution in [0.4, 0.5) is 0 Å². The van der Waals surface area contributed by atoms with E-state index in [9.17, 15) is 0 Å². The number of hydrogen-bond acceptors (Lipinski definition) is 1. The molecule has 1 heteroatoms. The Balaban J connectivity index is 1.61. The van der Waals surface area contributed by atoms with E-state index in [-0.39, 0.29) is 0 Å². The Morgan fingerprint density at radius 1 is 1.11 bits per heavy atom. The standard InChI is InChI=1S/C18H27N/c1-13-5-8-16(9-6-13)18(19)12-14-7-10-15-3-2-4-17(15)11-14/h7,10-11,13,16,18H,2-6,8-9,12,19H2,1H3. The van der Waals surface area contributed by atoms with Gasteiger partial charge >= 0.3 is 0 Å². The second-order valence-corrected chi connectivity index (χ2v) is 6.84. The van der Waals surface area contributed by atoms with E-state index in [2.05, 4.69) is 25.1 Å². The molecule has 0 spiro atoms. The fraction of sp³-hybridized carbons (Fsp3) is 0.667. The second kappa shape index (κ2) is 5.66. The van der Waals surface area contributed by atoms with Gasteiger partial charge in [0.25, 0.3) is 0 Å². The van der Waals surface area contributed by atoms with E-state index in [1.54, 1.807) is 11.1 Å². The summed E-state index contributed by atoms with van der Waals surface area (Å²) < 4.78 is 0. The third kappa shape index (κ3) is 3.02. The highest BCUT2D eigenvalue weighted by molar-refractivity contribution is 5.35. The molecule has 0 saturated heterocycles. The van der Waals surface area contributed by atoms with Gasteiger partial charge in [0.1, 0.15) is 0 Å². The second-order valence-electron chi connectivity index (χ2n) is 6.84. The van der Waals surface area contributed by atoms with Gasteiger partial charge in [-0.2, -0.15) is 0 Å². The van der Waals surface area contributed by atoms with Gasteiger partial charge in [-0.15, -0.1) is 0 Å². The summed E-state index contributed by atoms with van der Waals surface area (Å²) in [5.74, 6) is 1.67. The van der Waals surface area contributed by atoms with Gasteiger partial charge in [0.15, 0.2) is 0 Å². The van der Waals surface area contributed by atoms with Crippen molar-refractivity contribution in [1.82, 2.24) is 0 Å². The van der Waals surface area contributed by atoms with Crippen LogP contribution in [-0.2, 0) is 19.3 Å². The van der Waals surface area contributed by atoms with Crippen molar-refractivity contribution in [2.75, 3.05) is 0 Å². The summed E-state index contributed by atoms with van der Waals surface area (Å²) in [6.45, 7) is 2.38. The first-order valence-corrected chi connectivity index (χ1v) is 8.08. The van der Waals surface area contributed by atoms with Crippen molar-refractivity contribution in [3.8, 4) is 0 Å². The summed E-state index contributed by atoms with van der Waals surface area (Å²) in [5.41, 5.74) is 11.1. The Morgan fingerprint density at radius 2 is 1.84 bits per heavy atom. The van der Waals surface area contributed by atoms with E-state index in [1.165, 1.54) is 50.5 Å². The SMILES string of the molecule is CC1CCC(C(N)Cc2ccc3c(c2)CCC3)CC1. The van der Waals surface area contributed by atoms with E-state index in [1.807, 2.05) is 0 Å². The molecular weight excluding hydrogens is 230 g/mol. The van der Waals surface area contributed by atoms with E-state index in [0.29, 0.717) is 6.04 Å². The van der Waals surface area contributed by atoms with E-state index >= 15 is 0 Å². The van der Waals surface area contributed by atoms with Crippen LogP contribution in [0.1, 0.15) is 55.7 Å².